The van der Waals surface area contributed by atoms with Crippen LogP contribution in [0.3, 0.4) is 0 Å². The van der Waals surface area contributed by atoms with Crippen LogP contribution in [0.5, 0.6) is 0 Å². The number of carbonyl (C=O) groups excluding carboxylic acids is 3. The van der Waals surface area contributed by atoms with Gasteiger partial charge in [0.1, 0.15) is 10.9 Å². The molecule has 1 heterocycles. The van der Waals surface area contributed by atoms with Crippen molar-refractivity contribution >= 4 is 51.4 Å². The molecule has 8 nitrogen and oxygen atoms in total. The summed E-state index contributed by atoms with van der Waals surface area (Å²) in [5.41, 5.74) is 13.5. The minimum atomic E-state index is -1.01. The van der Waals surface area contributed by atoms with Crippen molar-refractivity contribution in [3.05, 3.63) is 88.4 Å². The van der Waals surface area contributed by atoms with Gasteiger partial charge in [0.2, 0.25) is 5.91 Å². The molecular weight excluding hydrogens is 498 g/mol. The van der Waals surface area contributed by atoms with Crippen molar-refractivity contribution in [1.29, 1.82) is 0 Å². The molecule has 4 rings (SSSR count). The maximum Gasteiger partial charge on any atom is 0.273 e. The van der Waals surface area contributed by atoms with Crippen LogP contribution in [0.2, 0.25) is 0 Å². The first-order valence-electron chi connectivity index (χ1n) is 12.4. The number of rotatable bonds is 9. The number of carbonyl (C=O) groups is 3. The van der Waals surface area contributed by atoms with E-state index in [0.29, 0.717) is 23.7 Å². The molecule has 5 N–H and O–H groups in total. The third-order valence-electron chi connectivity index (χ3n) is 6.32. The first-order chi connectivity index (χ1) is 18.2. The average molecular weight is 530 g/mol. The fourth-order valence-corrected chi connectivity index (χ4v) is 5.01. The van der Waals surface area contributed by atoms with Crippen LogP contribution >= 0.6 is 11.5 Å². The lowest BCUT2D eigenvalue weighted by molar-refractivity contribution is -0.122. The molecule has 0 fully saturated rings. The predicted octanol–water partition coefficient (Wildman–Crippen LogP) is 4.84. The SMILES string of the molecule is Cc1ccc([C@H](C(=O)NCCC(C)C)N(C(=O)c2snc(C(N)=O)c2N)c2cccc3ccccc23)cc1. The maximum absolute atomic E-state index is 14.3. The highest BCUT2D eigenvalue weighted by atomic mass is 32.1. The summed E-state index contributed by atoms with van der Waals surface area (Å²) in [6.07, 6.45) is 0.790. The monoisotopic (exact) mass is 529 g/mol. The van der Waals surface area contributed by atoms with Gasteiger partial charge in [0.05, 0.1) is 11.4 Å². The molecule has 0 saturated heterocycles. The van der Waals surface area contributed by atoms with Gasteiger partial charge in [-0.2, -0.15) is 4.37 Å². The Balaban J connectivity index is 1.93. The molecule has 1 atom stereocenters. The summed E-state index contributed by atoms with van der Waals surface area (Å²) in [6.45, 7) is 6.58. The molecule has 0 bridgehead atoms. The summed E-state index contributed by atoms with van der Waals surface area (Å²) >= 11 is 0.791. The number of hydrogen-bond acceptors (Lipinski definition) is 6. The molecule has 3 amide bonds. The van der Waals surface area contributed by atoms with Crippen molar-refractivity contribution < 1.29 is 14.4 Å². The molecule has 0 radical (unpaired) electrons. The molecule has 1 aromatic heterocycles. The molecule has 0 unspecified atom stereocenters. The number of benzene rings is 3. The van der Waals surface area contributed by atoms with Crippen molar-refractivity contribution in [2.45, 2.75) is 33.2 Å². The standard InChI is InChI=1S/C29H31N5O3S/c1-17(2)15-16-32-28(36)25(20-13-11-18(3)12-14-20)34(22-10-6-8-19-7-4-5-9-21(19)22)29(37)26-23(30)24(27(31)35)33-38-26/h4-14,17,25H,15-16,30H2,1-3H3,(H2,31,35)(H,32,36)/t25-/m1/s1. The average Bonchev–Trinajstić information content (AvgIpc) is 3.28. The van der Waals surface area contributed by atoms with Crippen LogP contribution in [0.15, 0.2) is 66.7 Å². The molecule has 4 aromatic rings. The van der Waals surface area contributed by atoms with Crippen LogP contribution in [0.1, 0.15) is 57.6 Å². The Morgan fingerprint density at radius 3 is 2.34 bits per heavy atom. The number of anilines is 2. The Bertz CT molecular complexity index is 1470. The summed E-state index contributed by atoms with van der Waals surface area (Å²) in [6, 6.07) is 19.7. The number of fused-ring (bicyclic) bond motifs is 1. The number of aryl methyl sites for hydroxylation is 1. The fraction of sp³-hybridized carbons (Fsp3) is 0.241. The molecule has 0 aliphatic heterocycles. The van der Waals surface area contributed by atoms with Gasteiger partial charge in [-0.05, 0) is 47.8 Å². The number of aromatic nitrogens is 1. The van der Waals surface area contributed by atoms with Crippen LogP contribution in [-0.2, 0) is 4.79 Å². The number of primary amides is 1. The molecule has 0 saturated carbocycles. The van der Waals surface area contributed by atoms with Crippen molar-refractivity contribution in [3.63, 3.8) is 0 Å². The van der Waals surface area contributed by atoms with Crippen molar-refractivity contribution in [1.82, 2.24) is 9.69 Å². The Morgan fingerprint density at radius 1 is 1.00 bits per heavy atom. The van der Waals surface area contributed by atoms with E-state index in [4.69, 9.17) is 11.5 Å². The van der Waals surface area contributed by atoms with Gasteiger partial charge >= 0.3 is 0 Å². The van der Waals surface area contributed by atoms with Crippen LogP contribution in [0.4, 0.5) is 11.4 Å². The Kier molecular flexibility index (Phi) is 8.07. The first-order valence-corrected chi connectivity index (χ1v) is 13.2. The second-order valence-electron chi connectivity index (χ2n) is 9.60. The van der Waals surface area contributed by atoms with E-state index in [-0.39, 0.29) is 22.2 Å². The van der Waals surface area contributed by atoms with Crippen molar-refractivity contribution in [2.75, 3.05) is 17.2 Å². The zero-order valence-electron chi connectivity index (χ0n) is 21.6. The highest BCUT2D eigenvalue weighted by molar-refractivity contribution is 7.09. The molecule has 196 valence electrons. The molecular formula is C29H31N5O3S. The van der Waals surface area contributed by atoms with Gasteiger partial charge < -0.3 is 16.8 Å². The largest absolute Gasteiger partial charge is 0.395 e. The topological polar surface area (TPSA) is 131 Å². The van der Waals surface area contributed by atoms with Gasteiger partial charge in [-0.3, -0.25) is 19.3 Å². The van der Waals surface area contributed by atoms with Crippen LogP contribution in [0, 0.1) is 12.8 Å². The number of nitrogens with one attached hydrogen (secondary N) is 1. The predicted molar refractivity (Wildman–Crippen MR) is 152 cm³/mol. The second kappa shape index (κ2) is 11.4. The maximum atomic E-state index is 14.3. The molecule has 3 aromatic carbocycles. The molecule has 0 aliphatic carbocycles. The van der Waals surface area contributed by atoms with E-state index in [2.05, 4.69) is 23.5 Å². The van der Waals surface area contributed by atoms with E-state index < -0.39 is 17.9 Å². The second-order valence-corrected chi connectivity index (χ2v) is 10.4. The summed E-state index contributed by atoms with van der Waals surface area (Å²) in [4.78, 5) is 41.5. The van der Waals surface area contributed by atoms with Gasteiger partial charge in [-0.25, -0.2) is 0 Å². The van der Waals surface area contributed by atoms with Gasteiger partial charge in [0.25, 0.3) is 11.8 Å². The van der Waals surface area contributed by atoms with Gasteiger partial charge in [-0.1, -0.05) is 80.1 Å². The summed E-state index contributed by atoms with van der Waals surface area (Å²) in [5, 5.41) is 4.71. The lowest BCUT2D eigenvalue weighted by atomic mass is 9.99. The first kappa shape index (κ1) is 26.8. The number of hydrogen-bond donors (Lipinski definition) is 3. The third-order valence-corrected chi connectivity index (χ3v) is 7.17. The number of nitrogens with zero attached hydrogens (tertiary/aromatic N) is 2. The van der Waals surface area contributed by atoms with Crippen molar-refractivity contribution in [2.24, 2.45) is 11.7 Å². The zero-order valence-corrected chi connectivity index (χ0v) is 22.4. The fourth-order valence-electron chi connectivity index (χ4n) is 4.27. The lowest BCUT2D eigenvalue weighted by Crippen LogP contribution is -2.44. The highest BCUT2D eigenvalue weighted by Crippen LogP contribution is 2.37. The van der Waals surface area contributed by atoms with Gasteiger partial charge in [0.15, 0.2) is 5.69 Å². The smallest absolute Gasteiger partial charge is 0.273 e. The number of nitrogen functional groups attached to an aromatic ring is 1. The number of amides is 3. The Labute approximate surface area is 225 Å². The highest BCUT2D eigenvalue weighted by Gasteiger charge is 2.36. The van der Waals surface area contributed by atoms with E-state index in [1.54, 1.807) is 6.07 Å². The normalized spacial score (nSPS) is 11.9. The third kappa shape index (κ3) is 5.52. The lowest BCUT2D eigenvalue weighted by Gasteiger charge is -2.32. The van der Waals surface area contributed by atoms with Gasteiger partial charge in [-0.15, -0.1) is 0 Å². The van der Waals surface area contributed by atoms with E-state index in [9.17, 15) is 14.4 Å². The Hall–Kier alpha value is -4.24. The zero-order chi connectivity index (χ0) is 27.4. The van der Waals surface area contributed by atoms with E-state index in [1.165, 1.54) is 4.90 Å². The summed E-state index contributed by atoms with van der Waals surface area (Å²) in [7, 11) is 0. The van der Waals surface area contributed by atoms with Gasteiger partial charge in [0, 0.05) is 11.9 Å². The van der Waals surface area contributed by atoms with Crippen molar-refractivity contribution in [3.8, 4) is 0 Å². The summed E-state index contributed by atoms with van der Waals surface area (Å²) < 4.78 is 4.03. The molecule has 0 spiro atoms. The van der Waals surface area contributed by atoms with E-state index in [1.807, 2.05) is 67.6 Å². The Morgan fingerprint density at radius 2 is 1.68 bits per heavy atom. The quantitative estimate of drug-likeness (QED) is 0.286. The van der Waals surface area contributed by atoms with Crippen LogP contribution < -0.4 is 21.7 Å². The van der Waals surface area contributed by atoms with Crippen LogP contribution in [-0.4, -0.2) is 28.6 Å². The summed E-state index contributed by atoms with van der Waals surface area (Å²) in [5.74, 6) is -1.30. The van der Waals surface area contributed by atoms with E-state index in [0.717, 1.165) is 34.3 Å². The molecule has 9 heteroatoms. The minimum Gasteiger partial charge on any atom is -0.395 e. The molecule has 0 aliphatic rings. The number of nitrogens with two attached hydrogens (primary N) is 2. The minimum absolute atomic E-state index is 0.0406. The molecule has 38 heavy (non-hydrogen) atoms. The van der Waals surface area contributed by atoms with Crippen LogP contribution in [0.25, 0.3) is 10.8 Å². The van der Waals surface area contributed by atoms with E-state index >= 15 is 0 Å².